The summed E-state index contributed by atoms with van der Waals surface area (Å²) in [6.07, 6.45) is 5.49. The molecule has 1 saturated carbocycles. The smallest absolute Gasteiger partial charge is 0.0473 e. The van der Waals surface area contributed by atoms with Gasteiger partial charge in [0.05, 0.1) is 0 Å². The van der Waals surface area contributed by atoms with Gasteiger partial charge in [-0.1, -0.05) is 6.92 Å². The molecule has 17 heavy (non-hydrogen) atoms. The molecule has 98 valence electrons. The number of rotatable bonds is 3. The van der Waals surface area contributed by atoms with Crippen molar-refractivity contribution in [2.75, 3.05) is 26.2 Å². The molecule has 3 atom stereocenters. The molecule has 0 aromatic carbocycles. The second-order valence-electron chi connectivity index (χ2n) is 6.72. The average Bonchev–Trinajstić information content (AvgIpc) is 2.97. The second-order valence-corrected chi connectivity index (χ2v) is 6.72. The first kappa shape index (κ1) is 11.9. The molecule has 2 aliphatic heterocycles. The van der Waals surface area contributed by atoms with Crippen molar-refractivity contribution in [2.45, 2.75) is 57.2 Å². The van der Waals surface area contributed by atoms with Crippen molar-refractivity contribution in [3.8, 4) is 0 Å². The van der Waals surface area contributed by atoms with Crippen LogP contribution in [0.5, 0.6) is 0 Å². The largest absolute Gasteiger partial charge is 0.329 e. The number of hydrogen-bond acceptors (Lipinski definition) is 3. The first-order chi connectivity index (χ1) is 8.14. The van der Waals surface area contributed by atoms with Gasteiger partial charge in [-0.05, 0) is 38.5 Å². The molecular formula is C14H27N3. The molecular weight excluding hydrogens is 210 g/mol. The molecule has 0 bridgehead atoms. The highest BCUT2D eigenvalue weighted by Crippen LogP contribution is 2.39. The highest BCUT2D eigenvalue weighted by atomic mass is 15.3. The number of nitrogens with two attached hydrogens (primary N) is 1. The van der Waals surface area contributed by atoms with Gasteiger partial charge in [0.15, 0.2) is 0 Å². The van der Waals surface area contributed by atoms with E-state index in [1.807, 2.05) is 0 Å². The Morgan fingerprint density at radius 3 is 2.59 bits per heavy atom. The Kier molecular flexibility index (Phi) is 2.96. The minimum Gasteiger partial charge on any atom is -0.329 e. The van der Waals surface area contributed by atoms with Crippen molar-refractivity contribution in [1.82, 2.24) is 9.80 Å². The van der Waals surface area contributed by atoms with Gasteiger partial charge in [0.2, 0.25) is 0 Å². The standard InChI is InChI=1S/C14H27N3/c1-11-7-12(2)17(8-11)14(9-15)5-6-16(10-14)13-3-4-13/h11-13H,3-10,15H2,1-2H3. The van der Waals surface area contributed by atoms with E-state index < -0.39 is 0 Å². The zero-order chi connectivity index (χ0) is 12.0. The highest BCUT2D eigenvalue weighted by Gasteiger charge is 2.48. The summed E-state index contributed by atoms with van der Waals surface area (Å²) in [6.45, 7) is 9.38. The van der Waals surface area contributed by atoms with E-state index in [9.17, 15) is 0 Å². The molecule has 3 fully saturated rings. The van der Waals surface area contributed by atoms with E-state index in [-0.39, 0.29) is 0 Å². The van der Waals surface area contributed by atoms with Gasteiger partial charge in [-0.25, -0.2) is 0 Å². The SMILES string of the molecule is CC1CC(C)N(C2(CN)CCN(C3CC3)C2)C1. The van der Waals surface area contributed by atoms with Gasteiger partial charge in [-0.2, -0.15) is 0 Å². The molecule has 3 aliphatic rings. The third-order valence-corrected chi connectivity index (χ3v) is 5.20. The van der Waals surface area contributed by atoms with E-state index in [0.29, 0.717) is 5.54 Å². The van der Waals surface area contributed by atoms with Crippen LogP contribution in [0, 0.1) is 5.92 Å². The van der Waals surface area contributed by atoms with Crippen molar-refractivity contribution in [3.63, 3.8) is 0 Å². The van der Waals surface area contributed by atoms with Gasteiger partial charge < -0.3 is 5.73 Å². The maximum Gasteiger partial charge on any atom is 0.0473 e. The molecule has 3 rings (SSSR count). The van der Waals surface area contributed by atoms with Gasteiger partial charge in [-0.3, -0.25) is 9.80 Å². The van der Waals surface area contributed by atoms with Crippen LogP contribution in [0.1, 0.15) is 39.5 Å². The topological polar surface area (TPSA) is 32.5 Å². The van der Waals surface area contributed by atoms with Gasteiger partial charge in [-0.15, -0.1) is 0 Å². The lowest BCUT2D eigenvalue weighted by atomic mass is 9.95. The third-order valence-electron chi connectivity index (χ3n) is 5.20. The minimum atomic E-state index is 0.298. The van der Waals surface area contributed by atoms with E-state index in [4.69, 9.17) is 5.73 Å². The molecule has 3 nitrogen and oxygen atoms in total. The predicted molar refractivity (Wildman–Crippen MR) is 70.9 cm³/mol. The summed E-state index contributed by atoms with van der Waals surface area (Å²) in [5.74, 6) is 0.850. The zero-order valence-electron chi connectivity index (χ0n) is 11.4. The molecule has 2 N–H and O–H groups in total. The number of likely N-dealkylation sites (tertiary alicyclic amines) is 2. The van der Waals surface area contributed by atoms with Crippen LogP contribution in [0.25, 0.3) is 0 Å². The summed E-state index contributed by atoms with van der Waals surface area (Å²) in [5, 5.41) is 0. The van der Waals surface area contributed by atoms with Crippen LogP contribution in [0.4, 0.5) is 0 Å². The molecule has 2 heterocycles. The number of nitrogens with zero attached hydrogens (tertiary/aromatic N) is 2. The Hall–Kier alpha value is -0.120. The van der Waals surface area contributed by atoms with Crippen molar-refractivity contribution in [3.05, 3.63) is 0 Å². The van der Waals surface area contributed by atoms with Gasteiger partial charge in [0.1, 0.15) is 0 Å². The molecule has 3 unspecified atom stereocenters. The van der Waals surface area contributed by atoms with Crippen molar-refractivity contribution >= 4 is 0 Å². The summed E-state index contributed by atoms with van der Waals surface area (Å²) in [5.41, 5.74) is 6.47. The fraction of sp³-hybridized carbons (Fsp3) is 1.00. The van der Waals surface area contributed by atoms with Crippen LogP contribution in [0.3, 0.4) is 0 Å². The third kappa shape index (κ3) is 2.02. The lowest BCUT2D eigenvalue weighted by molar-refractivity contribution is 0.0889. The first-order valence-electron chi connectivity index (χ1n) is 7.35. The molecule has 0 aromatic rings. The van der Waals surface area contributed by atoms with E-state index in [0.717, 1.165) is 24.5 Å². The summed E-state index contributed by atoms with van der Waals surface area (Å²) in [7, 11) is 0. The van der Waals surface area contributed by atoms with Crippen LogP contribution >= 0.6 is 0 Å². The molecule has 2 saturated heterocycles. The van der Waals surface area contributed by atoms with Gasteiger partial charge in [0.25, 0.3) is 0 Å². The van der Waals surface area contributed by atoms with Crippen molar-refractivity contribution in [1.29, 1.82) is 0 Å². The van der Waals surface area contributed by atoms with E-state index >= 15 is 0 Å². The fourth-order valence-corrected chi connectivity index (χ4v) is 4.12. The lowest BCUT2D eigenvalue weighted by Crippen LogP contribution is -2.57. The Bertz CT molecular complexity index is 289. The van der Waals surface area contributed by atoms with E-state index in [1.54, 1.807) is 0 Å². The van der Waals surface area contributed by atoms with Crippen molar-refractivity contribution in [2.24, 2.45) is 11.7 Å². The van der Waals surface area contributed by atoms with Crippen LogP contribution < -0.4 is 5.73 Å². The second kappa shape index (κ2) is 4.22. The van der Waals surface area contributed by atoms with Gasteiger partial charge in [0, 0.05) is 43.8 Å². The van der Waals surface area contributed by atoms with Crippen LogP contribution in [0.2, 0.25) is 0 Å². The molecule has 3 heteroatoms. The summed E-state index contributed by atoms with van der Waals surface area (Å²) in [4.78, 5) is 5.43. The maximum absolute atomic E-state index is 6.17. The fourth-order valence-electron chi connectivity index (χ4n) is 4.12. The molecule has 0 aromatic heterocycles. The zero-order valence-corrected chi connectivity index (χ0v) is 11.4. The Morgan fingerprint density at radius 1 is 1.29 bits per heavy atom. The summed E-state index contributed by atoms with van der Waals surface area (Å²) >= 11 is 0. The minimum absolute atomic E-state index is 0.298. The number of hydrogen-bond donors (Lipinski definition) is 1. The Morgan fingerprint density at radius 2 is 2.06 bits per heavy atom. The first-order valence-corrected chi connectivity index (χ1v) is 7.35. The van der Waals surface area contributed by atoms with Crippen molar-refractivity contribution < 1.29 is 0 Å². The Balaban J connectivity index is 1.73. The molecule has 0 amide bonds. The maximum atomic E-state index is 6.17. The van der Waals surface area contributed by atoms with E-state index in [1.165, 1.54) is 45.3 Å². The monoisotopic (exact) mass is 237 g/mol. The van der Waals surface area contributed by atoms with Crippen LogP contribution in [0.15, 0.2) is 0 Å². The van der Waals surface area contributed by atoms with E-state index in [2.05, 4.69) is 23.6 Å². The molecule has 1 aliphatic carbocycles. The van der Waals surface area contributed by atoms with Crippen LogP contribution in [-0.4, -0.2) is 53.6 Å². The molecule has 0 radical (unpaired) electrons. The summed E-state index contributed by atoms with van der Waals surface area (Å²) < 4.78 is 0. The quantitative estimate of drug-likeness (QED) is 0.802. The highest BCUT2D eigenvalue weighted by molar-refractivity contribution is 5.06. The average molecular weight is 237 g/mol. The van der Waals surface area contributed by atoms with Gasteiger partial charge >= 0.3 is 0 Å². The Labute approximate surface area is 105 Å². The molecule has 0 spiro atoms. The lowest BCUT2D eigenvalue weighted by Gasteiger charge is -2.41. The predicted octanol–water partition coefficient (Wildman–Crippen LogP) is 1.28. The normalized spacial score (nSPS) is 44.6. The van der Waals surface area contributed by atoms with Crippen LogP contribution in [-0.2, 0) is 0 Å². The summed E-state index contributed by atoms with van der Waals surface area (Å²) in [6, 6.07) is 1.63.